The number of aliphatic hydroxyl groups excluding tert-OH is 1. The Balaban J connectivity index is 2.85. The summed E-state index contributed by atoms with van der Waals surface area (Å²) in [6, 6.07) is 3.85. The van der Waals surface area contributed by atoms with Crippen LogP contribution in [0.25, 0.3) is 16.7 Å². The van der Waals surface area contributed by atoms with Crippen molar-refractivity contribution in [2.24, 2.45) is 0 Å². The van der Waals surface area contributed by atoms with Gasteiger partial charge in [0.05, 0.1) is 5.02 Å². The number of hydrogen-bond acceptors (Lipinski definition) is 1. The predicted molar refractivity (Wildman–Crippen MR) is 59.7 cm³/mol. The van der Waals surface area contributed by atoms with E-state index in [9.17, 15) is 5.11 Å². The minimum absolute atomic E-state index is 0.0296. The second-order valence-electron chi connectivity index (χ2n) is 3.32. The minimum Gasteiger partial charge on any atom is -0.508 e. The molecule has 1 aromatic carbocycles. The zero-order chi connectivity index (χ0) is 10.3. The maximum Gasteiger partial charge on any atom is 0.117 e. The van der Waals surface area contributed by atoms with Gasteiger partial charge in [-0.3, -0.25) is 0 Å². The Bertz CT molecular complexity index is 513. The number of aromatic nitrogens is 1. The standard InChI is InChI=1S/C11H10ClNO/c1-6-3-9(12)11-8(7(2)14)5-13-10(11)4-6/h3-5,13-14H,2H2,1H3. The van der Waals surface area contributed by atoms with Crippen molar-refractivity contribution in [1.29, 1.82) is 0 Å². The summed E-state index contributed by atoms with van der Waals surface area (Å²) in [5.41, 5.74) is 2.66. The molecule has 2 nitrogen and oxygen atoms in total. The summed E-state index contributed by atoms with van der Waals surface area (Å²) in [6.07, 6.45) is 1.71. The van der Waals surface area contributed by atoms with Crippen LogP contribution in [-0.2, 0) is 0 Å². The lowest BCUT2D eigenvalue weighted by Gasteiger charge is -2.00. The second kappa shape index (κ2) is 3.07. The Morgan fingerprint density at radius 1 is 1.50 bits per heavy atom. The van der Waals surface area contributed by atoms with Gasteiger partial charge in [-0.2, -0.15) is 0 Å². The SMILES string of the molecule is C=C(O)c1c[nH]c2cc(C)cc(Cl)c12. The summed E-state index contributed by atoms with van der Waals surface area (Å²) >= 11 is 6.08. The minimum atomic E-state index is 0.0296. The van der Waals surface area contributed by atoms with E-state index >= 15 is 0 Å². The number of hydrogen-bond donors (Lipinski definition) is 2. The molecule has 1 heterocycles. The highest BCUT2D eigenvalue weighted by Crippen LogP contribution is 2.30. The normalized spacial score (nSPS) is 10.7. The van der Waals surface area contributed by atoms with Gasteiger partial charge in [0.25, 0.3) is 0 Å². The molecule has 0 radical (unpaired) electrons. The van der Waals surface area contributed by atoms with Crippen LogP contribution in [0.15, 0.2) is 24.9 Å². The molecule has 0 bridgehead atoms. The lowest BCUT2D eigenvalue weighted by Crippen LogP contribution is -1.80. The van der Waals surface area contributed by atoms with E-state index in [2.05, 4.69) is 11.6 Å². The Morgan fingerprint density at radius 2 is 2.21 bits per heavy atom. The molecule has 2 rings (SSSR count). The van der Waals surface area contributed by atoms with Crippen LogP contribution < -0.4 is 0 Å². The third-order valence-electron chi connectivity index (χ3n) is 2.19. The Morgan fingerprint density at radius 3 is 2.86 bits per heavy atom. The summed E-state index contributed by atoms with van der Waals surface area (Å²) < 4.78 is 0. The van der Waals surface area contributed by atoms with E-state index in [1.807, 2.05) is 19.1 Å². The van der Waals surface area contributed by atoms with Crippen molar-refractivity contribution in [3.05, 3.63) is 41.1 Å². The molecule has 2 N–H and O–H groups in total. The number of aromatic amines is 1. The van der Waals surface area contributed by atoms with Crippen LogP contribution in [0.5, 0.6) is 0 Å². The van der Waals surface area contributed by atoms with E-state index in [-0.39, 0.29) is 5.76 Å². The Kier molecular flexibility index (Phi) is 2.01. The van der Waals surface area contributed by atoms with Crippen LogP contribution in [-0.4, -0.2) is 10.1 Å². The lowest BCUT2D eigenvalue weighted by atomic mass is 10.1. The van der Waals surface area contributed by atoms with Gasteiger partial charge in [-0.1, -0.05) is 18.2 Å². The van der Waals surface area contributed by atoms with E-state index in [4.69, 9.17) is 11.6 Å². The van der Waals surface area contributed by atoms with Gasteiger partial charge in [0.1, 0.15) is 5.76 Å². The van der Waals surface area contributed by atoms with Crippen LogP contribution in [0, 0.1) is 6.92 Å². The first-order chi connectivity index (χ1) is 6.59. The van der Waals surface area contributed by atoms with Crippen LogP contribution in [0.1, 0.15) is 11.1 Å². The van der Waals surface area contributed by atoms with E-state index in [0.29, 0.717) is 10.6 Å². The molecule has 0 amide bonds. The molecule has 0 unspecified atom stereocenters. The molecule has 0 atom stereocenters. The summed E-state index contributed by atoms with van der Waals surface area (Å²) in [7, 11) is 0. The molecule has 0 spiro atoms. The summed E-state index contributed by atoms with van der Waals surface area (Å²) in [6.45, 7) is 5.46. The molecule has 3 heteroatoms. The number of H-pyrrole nitrogens is 1. The molecular weight excluding hydrogens is 198 g/mol. The smallest absolute Gasteiger partial charge is 0.117 e. The van der Waals surface area contributed by atoms with Gasteiger partial charge in [0, 0.05) is 22.7 Å². The highest BCUT2D eigenvalue weighted by molar-refractivity contribution is 6.36. The summed E-state index contributed by atoms with van der Waals surface area (Å²) in [5, 5.41) is 10.8. The first kappa shape index (κ1) is 9.16. The topological polar surface area (TPSA) is 36.0 Å². The van der Waals surface area contributed by atoms with Crippen molar-refractivity contribution in [2.45, 2.75) is 6.92 Å². The molecule has 0 aliphatic rings. The third-order valence-corrected chi connectivity index (χ3v) is 2.48. The van der Waals surface area contributed by atoms with Crippen molar-refractivity contribution >= 4 is 28.3 Å². The first-order valence-electron chi connectivity index (χ1n) is 4.25. The van der Waals surface area contributed by atoms with Crippen molar-refractivity contribution in [2.75, 3.05) is 0 Å². The van der Waals surface area contributed by atoms with Crippen molar-refractivity contribution in [1.82, 2.24) is 4.98 Å². The fourth-order valence-electron chi connectivity index (χ4n) is 1.58. The zero-order valence-electron chi connectivity index (χ0n) is 7.76. The van der Waals surface area contributed by atoms with Gasteiger partial charge < -0.3 is 10.1 Å². The van der Waals surface area contributed by atoms with Gasteiger partial charge in [0.2, 0.25) is 0 Å². The monoisotopic (exact) mass is 207 g/mol. The highest BCUT2D eigenvalue weighted by atomic mass is 35.5. The number of nitrogens with one attached hydrogen (secondary N) is 1. The largest absolute Gasteiger partial charge is 0.508 e. The van der Waals surface area contributed by atoms with Crippen LogP contribution in [0.2, 0.25) is 5.02 Å². The van der Waals surface area contributed by atoms with Gasteiger partial charge in [0.15, 0.2) is 0 Å². The van der Waals surface area contributed by atoms with Gasteiger partial charge in [-0.15, -0.1) is 0 Å². The molecule has 0 aliphatic heterocycles. The predicted octanol–water partition coefficient (Wildman–Crippen LogP) is 3.66. The van der Waals surface area contributed by atoms with Crippen molar-refractivity contribution in [3.8, 4) is 0 Å². The number of aryl methyl sites for hydroxylation is 1. The summed E-state index contributed by atoms with van der Waals surface area (Å²) in [4.78, 5) is 3.05. The van der Waals surface area contributed by atoms with Gasteiger partial charge in [-0.25, -0.2) is 0 Å². The van der Waals surface area contributed by atoms with Crippen LogP contribution >= 0.6 is 11.6 Å². The van der Waals surface area contributed by atoms with Gasteiger partial charge >= 0.3 is 0 Å². The van der Waals surface area contributed by atoms with E-state index in [1.54, 1.807) is 6.20 Å². The molecular formula is C11H10ClNO. The molecule has 0 saturated heterocycles. The number of fused-ring (bicyclic) bond motifs is 1. The average molecular weight is 208 g/mol. The van der Waals surface area contributed by atoms with Crippen molar-refractivity contribution in [3.63, 3.8) is 0 Å². The molecule has 0 saturated carbocycles. The van der Waals surface area contributed by atoms with Crippen LogP contribution in [0.4, 0.5) is 0 Å². The average Bonchev–Trinajstić information content (AvgIpc) is 2.47. The molecule has 0 aliphatic carbocycles. The maximum atomic E-state index is 9.33. The van der Waals surface area contributed by atoms with E-state index < -0.39 is 0 Å². The highest BCUT2D eigenvalue weighted by Gasteiger charge is 2.09. The molecule has 72 valence electrons. The third kappa shape index (κ3) is 1.28. The summed E-state index contributed by atoms with van der Waals surface area (Å²) in [5.74, 6) is 0.0296. The second-order valence-corrected chi connectivity index (χ2v) is 3.73. The number of benzene rings is 1. The van der Waals surface area contributed by atoms with Gasteiger partial charge in [-0.05, 0) is 24.6 Å². The maximum absolute atomic E-state index is 9.33. The fourth-order valence-corrected chi connectivity index (χ4v) is 1.96. The molecule has 2 aromatic rings. The van der Waals surface area contributed by atoms with E-state index in [0.717, 1.165) is 16.5 Å². The number of halogens is 1. The molecule has 14 heavy (non-hydrogen) atoms. The van der Waals surface area contributed by atoms with E-state index in [1.165, 1.54) is 0 Å². The first-order valence-corrected chi connectivity index (χ1v) is 4.63. The Hall–Kier alpha value is -1.41. The molecule has 1 aromatic heterocycles. The lowest BCUT2D eigenvalue weighted by molar-refractivity contribution is 0.514. The Labute approximate surface area is 86.8 Å². The fraction of sp³-hybridized carbons (Fsp3) is 0.0909. The van der Waals surface area contributed by atoms with Crippen LogP contribution in [0.3, 0.4) is 0 Å². The number of aliphatic hydroxyl groups is 1. The van der Waals surface area contributed by atoms with Crippen molar-refractivity contribution < 1.29 is 5.11 Å². The number of rotatable bonds is 1. The molecule has 0 fully saturated rings. The zero-order valence-corrected chi connectivity index (χ0v) is 8.52. The quantitative estimate of drug-likeness (QED) is 0.688.